The van der Waals surface area contributed by atoms with E-state index in [-0.39, 0.29) is 0 Å². The van der Waals surface area contributed by atoms with Crippen molar-refractivity contribution in [2.75, 3.05) is 0 Å². The van der Waals surface area contributed by atoms with Crippen LogP contribution in [0.3, 0.4) is 0 Å². The first kappa shape index (κ1) is 30.7. The number of hydrogen-bond acceptors (Lipinski definition) is 0. The Morgan fingerprint density at radius 3 is 2.17 bits per heavy atom. The lowest BCUT2D eigenvalue weighted by molar-refractivity contribution is 1.03. The van der Waals surface area contributed by atoms with Gasteiger partial charge in [0.05, 0.1) is 16.7 Å². The van der Waals surface area contributed by atoms with Crippen LogP contribution in [0, 0.1) is 6.92 Å². The molecule has 1 aliphatic carbocycles. The molecule has 3 aromatic carbocycles. The van der Waals surface area contributed by atoms with E-state index in [9.17, 15) is 0 Å². The van der Waals surface area contributed by atoms with Crippen molar-refractivity contribution in [3.05, 3.63) is 168 Å². The number of fused-ring (bicyclic) bond motifs is 4. The maximum absolute atomic E-state index is 4.11. The van der Waals surface area contributed by atoms with E-state index in [1.54, 1.807) is 0 Å². The molecule has 228 valence electrons. The van der Waals surface area contributed by atoms with Crippen LogP contribution < -0.4 is 0 Å². The first-order valence-corrected chi connectivity index (χ1v) is 16.2. The number of allylic oxidation sites excluding steroid dienone is 12. The van der Waals surface area contributed by atoms with Crippen molar-refractivity contribution in [2.24, 2.45) is 0 Å². The molecule has 0 radical (unpaired) electrons. The topological polar surface area (TPSA) is 9.86 Å². The van der Waals surface area contributed by atoms with Gasteiger partial charge in [-0.15, -0.1) is 0 Å². The molecular weight excluding hydrogens is 556 g/mol. The Balaban J connectivity index is 1.21. The number of benzene rings is 3. The average Bonchev–Trinajstić information content (AvgIpc) is 3.42. The van der Waals surface area contributed by atoms with Gasteiger partial charge in [0.2, 0.25) is 0 Å². The predicted octanol–water partition coefficient (Wildman–Crippen LogP) is 12.4. The zero-order chi connectivity index (χ0) is 32.0. The average molecular weight is 599 g/mol. The number of hydrogen-bond donors (Lipinski definition) is 0. The molecule has 0 saturated carbocycles. The van der Waals surface area contributed by atoms with Gasteiger partial charge in [-0.1, -0.05) is 116 Å². The molecule has 2 heterocycles. The second-order valence-corrected chi connectivity index (χ2v) is 11.7. The number of nitrogens with zero attached hydrogens (tertiary/aromatic N) is 2. The summed E-state index contributed by atoms with van der Waals surface area (Å²) in [5.41, 5.74) is 13.4. The monoisotopic (exact) mass is 598 g/mol. The highest BCUT2D eigenvalue weighted by molar-refractivity contribution is 6.09. The minimum absolute atomic E-state index is 0.803. The highest BCUT2D eigenvalue weighted by Gasteiger charge is 2.17. The smallest absolute Gasteiger partial charge is 0.0541 e. The van der Waals surface area contributed by atoms with Crippen LogP contribution in [0.5, 0.6) is 0 Å². The standard InChI is InChI=1S/C44H42N2/c1-6-17-38-33(5)45(42-23-11-9-10-20-39(38)42)36(8-3)19-16-18-34(7-2)27-26-32(4)35-28-30-37(31-29-35)46-43-24-14-12-21-40(43)41-22-13-15-25-44(41)46/h6-8,10-17,19-31H,2,9,18H2,1,3-5H3/b17-6-,19-16-,32-26+,34-27+,36-8+. The Hall–Kier alpha value is -5.34. The minimum atomic E-state index is 0.803. The molecule has 0 bridgehead atoms. The molecular formula is C44H42N2. The van der Waals surface area contributed by atoms with Crippen molar-refractivity contribution in [2.45, 2.75) is 40.5 Å². The van der Waals surface area contributed by atoms with E-state index in [1.165, 1.54) is 72.4 Å². The van der Waals surface area contributed by atoms with E-state index < -0.39 is 0 Å². The molecule has 0 atom stereocenters. The Kier molecular flexibility index (Phi) is 9.17. The molecule has 0 fully saturated rings. The molecule has 0 saturated heterocycles. The van der Waals surface area contributed by atoms with Crippen LogP contribution in [0.25, 0.3) is 57.0 Å². The van der Waals surface area contributed by atoms with E-state index in [0.29, 0.717) is 0 Å². The molecule has 0 N–H and O–H groups in total. The van der Waals surface area contributed by atoms with Crippen LogP contribution in [0.15, 0.2) is 140 Å². The number of aromatic nitrogens is 2. The van der Waals surface area contributed by atoms with E-state index in [1.807, 2.05) is 6.08 Å². The van der Waals surface area contributed by atoms with Crippen LogP contribution in [0.1, 0.15) is 61.7 Å². The van der Waals surface area contributed by atoms with Gasteiger partial charge >= 0.3 is 0 Å². The summed E-state index contributed by atoms with van der Waals surface area (Å²) in [4.78, 5) is 0. The van der Waals surface area contributed by atoms with Crippen molar-refractivity contribution >= 4 is 51.3 Å². The van der Waals surface area contributed by atoms with Crippen molar-refractivity contribution in [1.29, 1.82) is 0 Å². The van der Waals surface area contributed by atoms with Gasteiger partial charge < -0.3 is 9.13 Å². The van der Waals surface area contributed by atoms with E-state index in [2.05, 4.69) is 183 Å². The van der Waals surface area contributed by atoms with Gasteiger partial charge in [-0.2, -0.15) is 0 Å². The maximum atomic E-state index is 4.11. The molecule has 2 heteroatoms. The molecule has 0 aliphatic heterocycles. The molecule has 1 aliphatic rings. The SMILES string of the molecule is C=C/C(=C\C=C(/C)c1ccc(-n2c3ccccc3c3ccccc32)cc1)C/C=C\C(=C/C)n1c(C)c(/C=C\C)c2c1C=CCC=C2. The van der Waals surface area contributed by atoms with Crippen molar-refractivity contribution in [1.82, 2.24) is 9.13 Å². The van der Waals surface area contributed by atoms with Crippen molar-refractivity contribution in [3.8, 4) is 5.69 Å². The molecule has 6 rings (SSSR count). The van der Waals surface area contributed by atoms with E-state index in [4.69, 9.17) is 0 Å². The summed E-state index contributed by atoms with van der Waals surface area (Å²) in [6.07, 6.45) is 28.1. The fourth-order valence-corrected chi connectivity index (χ4v) is 6.49. The fourth-order valence-electron chi connectivity index (χ4n) is 6.49. The summed E-state index contributed by atoms with van der Waals surface area (Å²) < 4.78 is 4.73. The lowest BCUT2D eigenvalue weighted by atomic mass is 10.0. The van der Waals surface area contributed by atoms with E-state index >= 15 is 0 Å². The first-order chi connectivity index (χ1) is 22.5. The predicted molar refractivity (Wildman–Crippen MR) is 203 cm³/mol. The molecule has 0 unspecified atom stereocenters. The maximum Gasteiger partial charge on any atom is 0.0541 e. The lowest BCUT2D eigenvalue weighted by Crippen LogP contribution is -2.00. The van der Waals surface area contributed by atoms with Crippen LogP contribution >= 0.6 is 0 Å². The lowest BCUT2D eigenvalue weighted by Gasteiger charge is -2.11. The fraction of sp³-hybridized carbons (Fsp3) is 0.136. The molecule has 0 spiro atoms. The van der Waals surface area contributed by atoms with Gasteiger partial charge in [0.1, 0.15) is 0 Å². The van der Waals surface area contributed by atoms with E-state index in [0.717, 1.165) is 12.8 Å². The number of rotatable bonds is 9. The van der Waals surface area contributed by atoms with Gasteiger partial charge in [0.15, 0.2) is 0 Å². The third-order valence-electron chi connectivity index (χ3n) is 8.86. The molecule has 5 aromatic rings. The molecule has 46 heavy (non-hydrogen) atoms. The van der Waals surface area contributed by atoms with Gasteiger partial charge in [-0.05, 0) is 93.7 Å². The summed E-state index contributed by atoms with van der Waals surface area (Å²) in [7, 11) is 0. The first-order valence-electron chi connectivity index (χ1n) is 16.2. The molecule has 2 nitrogen and oxygen atoms in total. The molecule has 2 aromatic heterocycles. The van der Waals surface area contributed by atoms with Gasteiger partial charge in [0, 0.05) is 39.0 Å². The second kappa shape index (κ2) is 13.7. The normalized spacial score (nSPS) is 14.2. The summed E-state index contributed by atoms with van der Waals surface area (Å²) >= 11 is 0. The van der Waals surface area contributed by atoms with Gasteiger partial charge in [0.25, 0.3) is 0 Å². The van der Waals surface area contributed by atoms with Gasteiger partial charge in [-0.25, -0.2) is 0 Å². The number of para-hydroxylation sites is 2. The summed E-state index contributed by atoms with van der Waals surface area (Å²) in [5.74, 6) is 0. The summed E-state index contributed by atoms with van der Waals surface area (Å²) in [6, 6.07) is 26.2. The van der Waals surface area contributed by atoms with Crippen molar-refractivity contribution in [3.63, 3.8) is 0 Å². The Morgan fingerprint density at radius 2 is 1.52 bits per heavy atom. The van der Waals surface area contributed by atoms with Crippen LogP contribution in [0.4, 0.5) is 0 Å². The Morgan fingerprint density at radius 1 is 0.848 bits per heavy atom. The van der Waals surface area contributed by atoms with Crippen molar-refractivity contribution < 1.29 is 0 Å². The van der Waals surface area contributed by atoms with Crippen LogP contribution in [-0.2, 0) is 0 Å². The third kappa shape index (κ3) is 5.87. The second-order valence-electron chi connectivity index (χ2n) is 11.7. The zero-order valence-corrected chi connectivity index (χ0v) is 27.4. The van der Waals surface area contributed by atoms with Crippen LogP contribution in [0.2, 0.25) is 0 Å². The summed E-state index contributed by atoms with van der Waals surface area (Å²) in [6.45, 7) is 12.7. The highest BCUT2D eigenvalue weighted by Crippen LogP contribution is 2.33. The quantitative estimate of drug-likeness (QED) is 0.149. The summed E-state index contributed by atoms with van der Waals surface area (Å²) in [5, 5.41) is 2.56. The Labute approximate surface area is 273 Å². The van der Waals surface area contributed by atoms with Gasteiger partial charge in [-0.3, -0.25) is 0 Å². The highest BCUT2D eigenvalue weighted by atomic mass is 15.0. The Bertz CT molecular complexity index is 2070. The third-order valence-corrected chi connectivity index (χ3v) is 8.86. The van der Waals surface area contributed by atoms with Crippen LogP contribution in [-0.4, -0.2) is 9.13 Å². The molecule has 0 amide bonds. The minimum Gasteiger partial charge on any atom is -0.314 e. The zero-order valence-electron chi connectivity index (χ0n) is 27.4. The largest absolute Gasteiger partial charge is 0.314 e.